The summed E-state index contributed by atoms with van der Waals surface area (Å²) in [7, 11) is 0. The van der Waals surface area contributed by atoms with E-state index >= 15 is 8.78 Å². The molecule has 1 atom stereocenters. The molecule has 39 heavy (non-hydrogen) atoms. The van der Waals surface area contributed by atoms with Crippen molar-refractivity contribution in [3.05, 3.63) is 130 Å². The van der Waals surface area contributed by atoms with E-state index in [0.29, 0.717) is 24.1 Å². The Hall–Kier alpha value is -4.07. The van der Waals surface area contributed by atoms with Gasteiger partial charge in [0.1, 0.15) is 40.5 Å². The Morgan fingerprint density at radius 2 is 1.18 bits per heavy atom. The summed E-state index contributed by atoms with van der Waals surface area (Å²) in [5.41, 5.74) is -1.21. The van der Waals surface area contributed by atoms with Gasteiger partial charge in [-0.25, -0.2) is 31.1 Å². The summed E-state index contributed by atoms with van der Waals surface area (Å²) < 4.78 is 92.2. The zero-order valence-electron chi connectivity index (χ0n) is 21.1. The van der Waals surface area contributed by atoms with E-state index in [1.807, 2.05) is 13.8 Å². The van der Waals surface area contributed by atoms with Crippen molar-refractivity contribution in [3.63, 3.8) is 0 Å². The second-order valence-electron chi connectivity index (χ2n) is 9.36. The molecular weight excluding hydrogens is 518 g/mol. The van der Waals surface area contributed by atoms with Crippen LogP contribution in [0.15, 0.2) is 72.8 Å². The van der Waals surface area contributed by atoms with Crippen molar-refractivity contribution in [2.45, 2.75) is 32.8 Å². The first-order valence-corrected chi connectivity index (χ1v) is 12.3. The Kier molecular flexibility index (Phi) is 8.43. The summed E-state index contributed by atoms with van der Waals surface area (Å²) in [6.45, 7) is 3.88. The predicted octanol–water partition coefficient (Wildman–Crippen LogP) is 8.72. The first kappa shape index (κ1) is 28.0. The van der Waals surface area contributed by atoms with Crippen LogP contribution < -0.4 is 0 Å². The second-order valence-corrected chi connectivity index (χ2v) is 9.36. The molecule has 0 heterocycles. The molecule has 0 aliphatic heterocycles. The summed E-state index contributed by atoms with van der Waals surface area (Å²) in [5, 5.41) is 0. The van der Waals surface area contributed by atoms with E-state index in [-0.39, 0.29) is 17.0 Å². The first-order chi connectivity index (χ1) is 18.6. The largest absolute Gasteiger partial charge is 0.449 e. The SMILES string of the molecule is CC[C@@H](C)Cc1cc(F)c(-c2cc(F)c(C(=O)OC(c3ccc(F)cc3)c3ccc(F)cc3)c(F)c2)c(F)c1. The van der Waals surface area contributed by atoms with Crippen LogP contribution in [0.4, 0.5) is 26.3 Å². The minimum absolute atomic E-state index is 0.184. The summed E-state index contributed by atoms with van der Waals surface area (Å²) >= 11 is 0. The molecular formula is C31H24F6O2. The molecule has 0 saturated heterocycles. The third-order valence-corrected chi connectivity index (χ3v) is 6.49. The van der Waals surface area contributed by atoms with Crippen LogP contribution in [0.5, 0.6) is 0 Å². The van der Waals surface area contributed by atoms with Crippen LogP contribution in [0.1, 0.15) is 53.4 Å². The number of halogens is 6. The van der Waals surface area contributed by atoms with Crippen molar-refractivity contribution in [3.8, 4) is 11.1 Å². The third-order valence-electron chi connectivity index (χ3n) is 6.49. The highest BCUT2D eigenvalue weighted by atomic mass is 19.2. The van der Waals surface area contributed by atoms with Crippen LogP contribution in [-0.4, -0.2) is 5.97 Å². The molecule has 0 spiro atoms. The number of benzene rings is 4. The highest BCUT2D eigenvalue weighted by molar-refractivity contribution is 5.91. The number of carbonyl (C=O) groups excluding carboxylic acids is 1. The van der Waals surface area contributed by atoms with Gasteiger partial charge in [0.15, 0.2) is 6.10 Å². The normalized spacial score (nSPS) is 12.0. The third kappa shape index (κ3) is 6.33. The molecule has 4 rings (SSSR count). The molecule has 202 valence electrons. The highest BCUT2D eigenvalue weighted by Gasteiger charge is 2.27. The summed E-state index contributed by atoms with van der Waals surface area (Å²) in [4.78, 5) is 12.9. The molecule has 4 aromatic carbocycles. The van der Waals surface area contributed by atoms with Gasteiger partial charge in [-0.2, -0.15) is 0 Å². The van der Waals surface area contributed by atoms with E-state index in [2.05, 4.69) is 0 Å². The van der Waals surface area contributed by atoms with Crippen molar-refractivity contribution in [1.29, 1.82) is 0 Å². The van der Waals surface area contributed by atoms with Crippen molar-refractivity contribution < 1.29 is 35.9 Å². The number of ether oxygens (including phenoxy) is 1. The van der Waals surface area contributed by atoms with E-state index in [0.717, 1.165) is 42.8 Å². The van der Waals surface area contributed by atoms with Gasteiger partial charge in [-0.3, -0.25) is 0 Å². The van der Waals surface area contributed by atoms with Gasteiger partial charge in [0.05, 0.1) is 5.56 Å². The van der Waals surface area contributed by atoms with Gasteiger partial charge in [0, 0.05) is 0 Å². The Balaban J connectivity index is 1.67. The van der Waals surface area contributed by atoms with Crippen LogP contribution in [0.25, 0.3) is 11.1 Å². The average Bonchev–Trinajstić information content (AvgIpc) is 2.87. The summed E-state index contributed by atoms with van der Waals surface area (Å²) in [6, 6.07) is 13.2. The van der Waals surface area contributed by atoms with Gasteiger partial charge in [-0.15, -0.1) is 0 Å². The molecule has 4 aromatic rings. The van der Waals surface area contributed by atoms with Gasteiger partial charge in [0.25, 0.3) is 0 Å². The molecule has 8 heteroatoms. The minimum atomic E-state index is -1.42. The van der Waals surface area contributed by atoms with Crippen molar-refractivity contribution in [2.75, 3.05) is 0 Å². The van der Waals surface area contributed by atoms with Gasteiger partial charge >= 0.3 is 5.97 Å². The van der Waals surface area contributed by atoms with Crippen molar-refractivity contribution in [2.24, 2.45) is 5.92 Å². The van der Waals surface area contributed by atoms with Crippen LogP contribution in [0, 0.1) is 40.8 Å². The second kappa shape index (κ2) is 11.8. The molecule has 0 saturated carbocycles. The van der Waals surface area contributed by atoms with Crippen LogP contribution in [-0.2, 0) is 11.2 Å². The summed E-state index contributed by atoms with van der Waals surface area (Å²) in [6.07, 6.45) is -0.0195. The predicted molar refractivity (Wildman–Crippen MR) is 135 cm³/mol. The maximum absolute atomic E-state index is 15.1. The molecule has 2 nitrogen and oxygen atoms in total. The molecule has 0 aromatic heterocycles. The minimum Gasteiger partial charge on any atom is -0.449 e. The fourth-order valence-corrected chi connectivity index (χ4v) is 4.25. The quantitative estimate of drug-likeness (QED) is 0.164. The number of esters is 1. The van der Waals surface area contributed by atoms with Crippen molar-refractivity contribution in [1.82, 2.24) is 0 Å². The maximum Gasteiger partial charge on any atom is 0.345 e. The number of carbonyl (C=O) groups is 1. The van der Waals surface area contributed by atoms with E-state index in [1.165, 1.54) is 24.3 Å². The molecule has 0 aliphatic carbocycles. The molecule has 0 N–H and O–H groups in total. The van der Waals surface area contributed by atoms with Crippen LogP contribution >= 0.6 is 0 Å². The topological polar surface area (TPSA) is 26.3 Å². The Morgan fingerprint density at radius 1 is 0.718 bits per heavy atom. The lowest BCUT2D eigenvalue weighted by Crippen LogP contribution is -2.16. The molecule has 0 amide bonds. The average molecular weight is 543 g/mol. The Morgan fingerprint density at radius 3 is 1.62 bits per heavy atom. The lowest BCUT2D eigenvalue weighted by molar-refractivity contribution is 0.0367. The number of hydrogen-bond acceptors (Lipinski definition) is 2. The molecule has 0 radical (unpaired) electrons. The van der Waals surface area contributed by atoms with E-state index < -0.39 is 63.7 Å². The molecule has 0 unspecified atom stereocenters. The first-order valence-electron chi connectivity index (χ1n) is 12.3. The molecule has 0 bridgehead atoms. The lowest BCUT2D eigenvalue weighted by Gasteiger charge is -2.20. The van der Waals surface area contributed by atoms with E-state index in [1.54, 1.807) is 0 Å². The van der Waals surface area contributed by atoms with Gasteiger partial charge in [0.2, 0.25) is 0 Å². The monoisotopic (exact) mass is 542 g/mol. The highest BCUT2D eigenvalue weighted by Crippen LogP contribution is 2.33. The maximum atomic E-state index is 15.1. The van der Waals surface area contributed by atoms with E-state index in [9.17, 15) is 22.4 Å². The van der Waals surface area contributed by atoms with Crippen molar-refractivity contribution >= 4 is 5.97 Å². The fourth-order valence-electron chi connectivity index (χ4n) is 4.25. The van der Waals surface area contributed by atoms with Gasteiger partial charge in [-0.1, -0.05) is 44.5 Å². The van der Waals surface area contributed by atoms with Crippen LogP contribution in [0.2, 0.25) is 0 Å². The Bertz CT molecular complexity index is 1390. The van der Waals surface area contributed by atoms with E-state index in [4.69, 9.17) is 4.74 Å². The lowest BCUT2D eigenvalue weighted by atomic mass is 9.95. The molecule has 0 fully saturated rings. The fraction of sp³-hybridized carbons (Fsp3) is 0.194. The molecule has 0 aliphatic rings. The zero-order chi connectivity index (χ0) is 28.3. The van der Waals surface area contributed by atoms with Gasteiger partial charge in [-0.05, 0) is 83.1 Å². The number of hydrogen-bond donors (Lipinski definition) is 0. The Labute approximate surface area is 221 Å². The standard InChI is InChI=1S/C31H24F6O2/c1-3-17(2)12-18-13-24(34)28(25(35)14-18)21-15-26(36)29(27(37)16-21)31(38)39-30(19-4-8-22(32)9-5-19)20-6-10-23(33)11-7-20/h4-11,13-17,30H,3,12H2,1-2H3/t17-/m1/s1. The zero-order valence-corrected chi connectivity index (χ0v) is 21.1. The number of rotatable bonds is 8. The van der Waals surface area contributed by atoms with Crippen LogP contribution in [0.3, 0.4) is 0 Å². The smallest absolute Gasteiger partial charge is 0.345 e. The summed E-state index contributed by atoms with van der Waals surface area (Å²) in [5.74, 6) is -7.14. The van der Waals surface area contributed by atoms with Gasteiger partial charge < -0.3 is 4.74 Å².